The lowest BCUT2D eigenvalue weighted by atomic mass is 9.85. The number of H-pyrrole nitrogens is 1. The number of aryl methyl sites for hydroxylation is 1. The van der Waals surface area contributed by atoms with Gasteiger partial charge in [0.15, 0.2) is 0 Å². The van der Waals surface area contributed by atoms with Crippen LogP contribution in [0.2, 0.25) is 0 Å². The Hall–Kier alpha value is -0.950. The van der Waals surface area contributed by atoms with E-state index in [1.54, 1.807) is 0 Å². The molecule has 1 aliphatic rings. The zero-order chi connectivity index (χ0) is 11.0. The number of hydrogen-bond acceptors (Lipinski definition) is 0. The molecule has 84 valence electrons. The second-order valence-electron chi connectivity index (χ2n) is 4.71. The first kappa shape index (κ1) is 10.2. The van der Waals surface area contributed by atoms with Gasteiger partial charge in [-0.3, -0.25) is 0 Å². The highest BCUT2D eigenvalue weighted by molar-refractivity contribution is 6.17. The molecule has 1 aromatic heterocycles. The molecule has 16 heavy (non-hydrogen) atoms. The highest BCUT2D eigenvalue weighted by Crippen LogP contribution is 2.32. The van der Waals surface area contributed by atoms with Crippen LogP contribution in [0.15, 0.2) is 24.3 Å². The SMILES string of the molecule is ClCCC1CCc2[nH]c3ccccc3c2C1. The molecule has 0 bridgehead atoms. The molecule has 1 atom stereocenters. The van der Waals surface area contributed by atoms with Gasteiger partial charge < -0.3 is 4.98 Å². The Labute approximate surface area is 101 Å². The molecule has 3 rings (SSSR count). The second kappa shape index (κ2) is 4.14. The molecule has 2 aromatic rings. The lowest BCUT2D eigenvalue weighted by molar-refractivity contribution is 0.446. The average molecular weight is 234 g/mol. The summed E-state index contributed by atoms with van der Waals surface area (Å²) in [7, 11) is 0. The minimum Gasteiger partial charge on any atom is -0.358 e. The third kappa shape index (κ3) is 1.63. The van der Waals surface area contributed by atoms with Gasteiger partial charge >= 0.3 is 0 Å². The van der Waals surface area contributed by atoms with Crippen molar-refractivity contribution in [3.8, 4) is 0 Å². The van der Waals surface area contributed by atoms with E-state index in [9.17, 15) is 0 Å². The van der Waals surface area contributed by atoms with E-state index < -0.39 is 0 Å². The number of halogens is 1. The maximum atomic E-state index is 5.85. The third-order valence-electron chi connectivity index (χ3n) is 3.71. The molecule has 1 unspecified atom stereocenters. The van der Waals surface area contributed by atoms with Crippen LogP contribution in [0.3, 0.4) is 0 Å². The molecule has 1 nitrogen and oxygen atoms in total. The first-order valence-electron chi connectivity index (χ1n) is 6.03. The average Bonchev–Trinajstić information content (AvgIpc) is 2.68. The van der Waals surface area contributed by atoms with Gasteiger partial charge in [-0.25, -0.2) is 0 Å². The quantitative estimate of drug-likeness (QED) is 0.758. The molecule has 1 heterocycles. The zero-order valence-electron chi connectivity index (χ0n) is 9.30. The van der Waals surface area contributed by atoms with Crippen LogP contribution < -0.4 is 0 Å². The van der Waals surface area contributed by atoms with Crippen molar-refractivity contribution >= 4 is 22.5 Å². The van der Waals surface area contributed by atoms with Crippen molar-refractivity contribution in [3.05, 3.63) is 35.5 Å². The van der Waals surface area contributed by atoms with Crippen LogP contribution in [-0.4, -0.2) is 10.9 Å². The van der Waals surface area contributed by atoms with Gasteiger partial charge in [0, 0.05) is 22.5 Å². The molecule has 1 aliphatic carbocycles. The number of alkyl halides is 1. The van der Waals surface area contributed by atoms with Gasteiger partial charge in [0.2, 0.25) is 0 Å². The number of rotatable bonds is 2. The molecule has 0 radical (unpaired) electrons. The number of nitrogens with one attached hydrogen (secondary N) is 1. The number of benzene rings is 1. The summed E-state index contributed by atoms with van der Waals surface area (Å²) in [5.41, 5.74) is 4.28. The molecular formula is C14H16ClN. The van der Waals surface area contributed by atoms with Crippen LogP contribution >= 0.6 is 11.6 Å². The number of fused-ring (bicyclic) bond motifs is 3. The highest BCUT2D eigenvalue weighted by Gasteiger charge is 2.21. The van der Waals surface area contributed by atoms with Crippen molar-refractivity contribution in [1.29, 1.82) is 0 Å². The van der Waals surface area contributed by atoms with Crippen LogP contribution in [0.4, 0.5) is 0 Å². The number of aromatic nitrogens is 1. The maximum absolute atomic E-state index is 5.85. The molecule has 1 aromatic carbocycles. The Morgan fingerprint density at radius 3 is 3.06 bits per heavy atom. The van der Waals surface area contributed by atoms with Crippen molar-refractivity contribution in [3.63, 3.8) is 0 Å². The highest BCUT2D eigenvalue weighted by atomic mass is 35.5. The van der Waals surface area contributed by atoms with Crippen LogP contribution in [0.25, 0.3) is 10.9 Å². The molecule has 0 spiro atoms. The molecule has 0 amide bonds. The smallest absolute Gasteiger partial charge is 0.0458 e. The summed E-state index contributed by atoms with van der Waals surface area (Å²) in [5.74, 6) is 1.58. The Kier molecular flexibility index (Phi) is 2.64. The van der Waals surface area contributed by atoms with E-state index in [1.807, 2.05) is 0 Å². The van der Waals surface area contributed by atoms with E-state index in [1.165, 1.54) is 41.4 Å². The molecule has 1 N–H and O–H groups in total. The van der Waals surface area contributed by atoms with E-state index in [-0.39, 0.29) is 0 Å². The van der Waals surface area contributed by atoms with Crippen LogP contribution in [0, 0.1) is 5.92 Å². The van der Waals surface area contributed by atoms with E-state index in [0.29, 0.717) is 0 Å². The fourth-order valence-corrected chi connectivity index (χ4v) is 3.15. The fraction of sp³-hybridized carbons (Fsp3) is 0.429. The minimum absolute atomic E-state index is 0.782. The van der Waals surface area contributed by atoms with Gasteiger partial charge in [-0.2, -0.15) is 0 Å². The summed E-state index contributed by atoms with van der Waals surface area (Å²) in [6.07, 6.45) is 4.82. The molecule has 2 heteroatoms. The van der Waals surface area contributed by atoms with Crippen molar-refractivity contribution in [2.45, 2.75) is 25.7 Å². The Morgan fingerprint density at radius 1 is 1.31 bits per heavy atom. The van der Waals surface area contributed by atoms with E-state index >= 15 is 0 Å². The summed E-state index contributed by atoms with van der Waals surface area (Å²) in [4.78, 5) is 3.55. The molecular weight excluding hydrogens is 218 g/mol. The Balaban J connectivity index is 2.01. The van der Waals surface area contributed by atoms with Crippen LogP contribution in [0.5, 0.6) is 0 Å². The van der Waals surface area contributed by atoms with Crippen LogP contribution in [-0.2, 0) is 12.8 Å². The summed E-state index contributed by atoms with van der Waals surface area (Å²) < 4.78 is 0. The normalized spacial score (nSPS) is 19.9. The largest absolute Gasteiger partial charge is 0.358 e. The van der Waals surface area contributed by atoms with Gasteiger partial charge in [0.05, 0.1) is 0 Å². The zero-order valence-corrected chi connectivity index (χ0v) is 10.1. The predicted octanol–water partition coefficient (Wildman–Crippen LogP) is 3.90. The van der Waals surface area contributed by atoms with Gasteiger partial charge in [-0.15, -0.1) is 11.6 Å². The fourth-order valence-electron chi connectivity index (χ4n) is 2.84. The van der Waals surface area contributed by atoms with E-state index in [2.05, 4.69) is 29.2 Å². The van der Waals surface area contributed by atoms with Crippen molar-refractivity contribution in [2.75, 3.05) is 5.88 Å². The minimum atomic E-state index is 0.782. The van der Waals surface area contributed by atoms with Crippen molar-refractivity contribution in [1.82, 2.24) is 4.98 Å². The van der Waals surface area contributed by atoms with Gasteiger partial charge in [-0.05, 0) is 43.2 Å². The monoisotopic (exact) mass is 233 g/mol. The third-order valence-corrected chi connectivity index (χ3v) is 3.93. The maximum Gasteiger partial charge on any atom is 0.0458 e. The summed E-state index contributed by atoms with van der Waals surface area (Å²) >= 11 is 5.85. The van der Waals surface area contributed by atoms with E-state index in [4.69, 9.17) is 11.6 Å². The first-order valence-corrected chi connectivity index (χ1v) is 6.56. The molecule has 0 aliphatic heterocycles. The number of aromatic amines is 1. The Bertz CT molecular complexity index is 500. The summed E-state index contributed by atoms with van der Waals surface area (Å²) in [6, 6.07) is 8.63. The second-order valence-corrected chi connectivity index (χ2v) is 5.09. The van der Waals surface area contributed by atoms with Gasteiger partial charge in [0.25, 0.3) is 0 Å². The first-order chi connectivity index (χ1) is 7.88. The molecule has 0 saturated heterocycles. The number of para-hydroxylation sites is 1. The lowest BCUT2D eigenvalue weighted by Crippen LogP contribution is -2.13. The molecule has 0 saturated carbocycles. The Morgan fingerprint density at radius 2 is 2.19 bits per heavy atom. The standard InChI is InChI=1S/C14H16ClN/c15-8-7-10-5-6-14-12(9-10)11-3-1-2-4-13(11)16-14/h1-4,10,16H,5-9H2. The van der Waals surface area contributed by atoms with Gasteiger partial charge in [0.1, 0.15) is 0 Å². The van der Waals surface area contributed by atoms with Crippen molar-refractivity contribution in [2.24, 2.45) is 5.92 Å². The summed E-state index contributed by atoms with van der Waals surface area (Å²) in [6.45, 7) is 0. The van der Waals surface area contributed by atoms with Gasteiger partial charge in [-0.1, -0.05) is 18.2 Å². The summed E-state index contributed by atoms with van der Waals surface area (Å²) in [5, 5.41) is 1.41. The van der Waals surface area contributed by atoms with Crippen LogP contribution in [0.1, 0.15) is 24.1 Å². The lowest BCUT2D eigenvalue weighted by Gasteiger charge is -2.21. The van der Waals surface area contributed by atoms with E-state index in [0.717, 1.165) is 18.2 Å². The van der Waals surface area contributed by atoms with Crippen molar-refractivity contribution < 1.29 is 0 Å². The molecule has 0 fully saturated rings. The topological polar surface area (TPSA) is 15.8 Å². The number of hydrogen-bond donors (Lipinski definition) is 1. The predicted molar refractivity (Wildman–Crippen MR) is 69.2 cm³/mol.